The van der Waals surface area contributed by atoms with Crippen LogP contribution >= 0.6 is 0 Å². The minimum Gasteiger partial charge on any atom is -0.404 e. The number of hydrogen-bond acceptors (Lipinski definition) is 3. The molecule has 0 aliphatic heterocycles. The number of aliphatic imine (C=N–C) groups is 1. The molecule has 17 heavy (non-hydrogen) atoms. The number of halogens is 3. The van der Waals surface area contributed by atoms with Crippen molar-refractivity contribution in [1.29, 1.82) is 0 Å². The Hall–Kier alpha value is -1.53. The first-order chi connectivity index (χ1) is 7.53. The van der Waals surface area contributed by atoms with Gasteiger partial charge < -0.3 is 11.1 Å². The van der Waals surface area contributed by atoms with Gasteiger partial charge in [0, 0.05) is 13.2 Å². The van der Waals surface area contributed by atoms with Gasteiger partial charge in [-0.3, -0.25) is 9.79 Å². The molecular formula is C10H16F3N3O. The average molecular weight is 251 g/mol. The molecule has 0 aliphatic rings. The van der Waals surface area contributed by atoms with Crippen LogP contribution in [0.5, 0.6) is 0 Å². The van der Waals surface area contributed by atoms with Crippen LogP contribution in [0.3, 0.4) is 0 Å². The minimum absolute atomic E-state index is 0.608. The molecule has 0 saturated heterocycles. The lowest BCUT2D eigenvalue weighted by Crippen LogP contribution is -2.36. The highest BCUT2D eigenvalue weighted by molar-refractivity contribution is 6.23. The van der Waals surface area contributed by atoms with Crippen LogP contribution in [0.15, 0.2) is 16.8 Å². The highest BCUT2D eigenvalue weighted by Gasteiger charge is 2.41. The highest BCUT2D eigenvalue weighted by atomic mass is 19.4. The van der Waals surface area contributed by atoms with E-state index in [2.05, 4.69) is 10.3 Å². The Bertz CT molecular complexity index is 351. The molecule has 7 heteroatoms. The normalized spacial score (nSPS) is 14.8. The summed E-state index contributed by atoms with van der Waals surface area (Å²) in [6.45, 7) is 4.49. The lowest BCUT2D eigenvalue weighted by molar-refractivity contribution is -0.117. The fourth-order valence-corrected chi connectivity index (χ4v) is 1.01. The zero-order valence-corrected chi connectivity index (χ0v) is 10.1. The molecular weight excluding hydrogens is 235 g/mol. The highest BCUT2D eigenvalue weighted by Crippen LogP contribution is 2.25. The second kappa shape index (κ2) is 5.20. The maximum atomic E-state index is 12.8. The molecule has 0 spiro atoms. The van der Waals surface area contributed by atoms with Crippen molar-refractivity contribution in [3.63, 3.8) is 0 Å². The Morgan fingerprint density at radius 3 is 2.00 bits per heavy atom. The topological polar surface area (TPSA) is 67.5 Å². The average Bonchev–Trinajstić information content (AvgIpc) is 2.13. The van der Waals surface area contributed by atoms with Gasteiger partial charge in [-0.15, -0.1) is 0 Å². The van der Waals surface area contributed by atoms with E-state index in [1.54, 1.807) is 0 Å². The lowest BCUT2D eigenvalue weighted by atomic mass is 10.1. The van der Waals surface area contributed by atoms with Crippen LogP contribution in [0.4, 0.5) is 13.2 Å². The van der Waals surface area contributed by atoms with Crippen LogP contribution in [0.25, 0.3) is 0 Å². The van der Waals surface area contributed by atoms with Crippen LogP contribution in [-0.2, 0) is 4.79 Å². The smallest absolute Gasteiger partial charge is 0.404 e. The summed E-state index contributed by atoms with van der Waals surface area (Å²) in [5.41, 5.74) is 2.14. The van der Waals surface area contributed by atoms with Gasteiger partial charge in [0.05, 0.1) is 11.1 Å². The molecule has 0 fully saturated rings. The molecule has 0 aromatic carbocycles. The van der Waals surface area contributed by atoms with E-state index in [9.17, 15) is 18.0 Å². The summed E-state index contributed by atoms with van der Waals surface area (Å²) in [4.78, 5) is 14.8. The summed E-state index contributed by atoms with van der Waals surface area (Å²) in [6, 6.07) is 0. The monoisotopic (exact) mass is 251 g/mol. The summed E-state index contributed by atoms with van der Waals surface area (Å²) in [5, 5.41) is 2.09. The summed E-state index contributed by atoms with van der Waals surface area (Å²) >= 11 is 0. The fourth-order valence-electron chi connectivity index (χ4n) is 1.01. The minimum atomic E-state index is -4.73. The van der Waals surface area contributed by atoms with Crippen molar-refractivity contribution in [1.82, 2.24) is 5.32 Å². The van der Waals surface area contributed by atoms with E-state index in [1.165, 1.54) is 27.8 Å². The van der Waals surface area contributed by atoms with Crippen molar-refractivity contribution in [3.8, 4) is 0 Å². The number of carbonyl (C=O) groups is 1. The molecule has 0 heterocycles. The maximum absolute atomic E-state index is 12.8. The van der Waals surface area contributed by atoms with Crippen molar-refractivity contribution < 1.29 is 18.0 Å². The molecule has 0 rings (SSSR count). The molecule has 0 radical (unpaired) electrons. The third-order valence-electron chi connectivity index (χ3n) is 1.61. The molecule has 0 aromatic rings. The number of rotatable bonds is 2. The number of nitrogens with two attached hydrogens (primary N) is 1. The Morgan fingerprint density at radius 2 is 1.76 bits per heavy atom. The van der Waals surface area contributed by atoms with Crippen molar-refractivity contribution >= 4 is 11.6 Å². The van der Waals surface area contributed by atoms with Gasteiger partial charge in [-0.05, 0) is 20.8 Å². The van der Waals surface area contributed by atoms with Gasteiger partial charge >= 0.3 is 6.18 Å². The second-order valence-corrected chi connectivity index (χ2v) is 4.29. The number of amides is 1. The van der Waals surface area contributed by atoms with Gasteiger partial charge in [0.15, 0.2) is 5.71 Å². The van der Waals surface area contributed by atoms with E-state index < -0.39 is 28.9 Å². The van der Waals surface area contributed by atoms with Crippen LogP contribution in [0.2, 0.25) is 0 Å². The summed E-state index contributed by atoms with van der Waals surface area (Å²) < 4.78 is 38.3. The number of carbonyl (C=O) groups excluding carboxylic acids is 1. The molecule has 0 aliphatic carbocycles. The van der Waals surface area contributed by atoms with Gasteiger partial charge in [0.25, 0.3) is 5.91 Å². The number of hydrogen-bond donors (Lipinski definition) is 2. The maximum Gasteiger partial charge on any atom is 0.433 e. The van der Waals surface area contributed by atoms with Crippen molar-refractivity contribution in [2.75, 3.05) is 7.05 Å². The summed E-state index contributed by atoms with van der Waals surface area (Å²) in [7, 11) is 1.22. The van der Waals surface area contributed by atoms with E-state index in [0.717, 1.165) is 0 Å². The summed E-state index contributed by atoms with van der Waals surface area (Å²) in [5.74, 6) is -0.923. The third kappa shape index (κ3) is 4.88. The first kappa shape index (κ1) is 15.5. The summed E-state index contributed by atoms with van der Waals surface area (Å²) in [6.07, 6.45) is -4.12. The number of likely N-dealkylation sites (N-methyl/N-ethyl adjacent to an activating group) is 1. The van der Waals surface area contributed by atoms with Crippen LogP contribution in [0, 0.1) is 0 Å². The van der Waals surface area contributed by atoms with E-state index >= 15 is 0 Å². The zero-order valence-electron chi connectivity index (χ0n) is 10.1. The quantitative estimate of drug-likeness (QED) is 0.575. The molecule has 0 bridgehead atoms. The predicted octanol–water partition coefficient (Wildman–Crippen LogP) is 1.38. The van der Waals surface area contributed by atoms with E-state index in [4.69, 9.17) is 5.73 Å². The molecule has 0 unspecified atom stereocenters. The van der Waals surface area contributed by atoms with Gasteiger partial charge in [-0.1, -0.05) is 0 Å². The molecule has 0 aromatic heterocycles. The molecule has 98 valence electrons. The Balaban J connectivity index is 5.66. The van der Waals surface area contributed by atoms with E-state index in [-0.39, 0.29) is 0 Å². The van der Waals surface area contributed by atoms with Crippen LogP contribution < -0.4 is 11.1 Å². The van der Waals surface area contributed by atoms with Crippen molar-refractivity contribution in [2.24, 2.45) is 10.7 Å². The van der Waals surface area contributed by atoms with E-state index in [1.807, 2.05) is 0 Å². The standard InChI is InChI=1S/C10H16F3N3O/c1-9(2,3)16-7(10(11,12)13)6(5-14)8(17)15-4/h5H,14H2,1-4H3,(H,15,17). The Morgan fingerprint density at radius 1 is 1.29 bits per heavy atom. The molecule has 3 N–H and O–H groups in total. The zero-order chi connectivity index (χ0) is 13.9. The van der Waals surface area contributed by atoms with Gasteiger partial charge in [0.2, 0.25) is 0 Å². The molecule has 0 saturated carbocycles. The molecule has 4 nitrogen and oxygen atoms in total. The first-order valence-electron chi connectivity index (χ1n) is 4.84. The lowest BCUT2D eigenvalue weighted by Gasteiger charge is -2.19. The fraction of sp³-hybridized carbons (Fsp3) is 0.600. The number of nitrogens with zero attached hydrogens (tertiary/aromatic N) is 1. The Labute approximate surface area is 97.8 Å². The van der Waals surface area contributed by atoms with Gasteiger partial charge in [-0.2, -0.15) is 13.2 Å². The predicted molar refractivity (Wildman–Crippen MR) is 59.6 cm³/mol. The first-order valence-corrected chi connectivity index (χ1v) is 4.84. The number of nitrogens with one attached hydrogen (secondary N) is 1. The van der Waals surface area contributed by atoms with Gasteiger partial charge in [-0.25, -0.2) is 0 Å². The Kier molecular flexibility index (Phi) is 4.73. The SMILES string of the molecule is CNC(=O)C(=CN)C(=NC(C)(C)C)C(F)(F)F. The molecule has 0 atom stereocenters. The largest absolute Gasteiger partial charge is 0.433 e. The van der Waals surface area contributed by atoms with Crippen LogP contribution in [-0.4, -0.2) is 30.4 Å². The van der Waals surface area contributed by atoms with Gasteiger partial charge in [0.1, 0.15) is 0 Å². The second-order valence-electron chi connectivity index (χ2n) is 4.29. The van der Waals surface area contributed by atoms with E-state index in [0.29, 0.717) is 6.20 Å². The third-order valence-corrected chi connectivity index (χ3v) is 1.61. The number of alkyl halides is 3. The van der Waals surface area contributed by atoms with Crippen LogP contribution in [0.1, 0.15) is 20.8 Å². The van der Waals surface area contributed by atoms with Crippen molar-refractivity contribution in [3.05, 3.63) is 11.8 Å². The molecule has 1 amide bonds. The van der Waals surface area contributed by atoms with Crippen molar-refractivity contribution in [2.45, 2.75) is 32.5 Å².